The Hall–Kier alpha value is -4.45. The van der Waals surface area contributed by atoms with Crippen LogP contribution in [0.5, 0.6) is 0 Å². The molecule has 0 spiro atoms. The third kappa shape index (κ3) is 48.4. The maximum atomic E-state index is 12.8. The highest BCUT2D eigenvalue weighted by atomic mass is 16.6. The summed E-state index contributed by atoms with van der Waals surface area (Å²) in [4.78, 5) is 37.9. The van der Waals surface area contributed by atoms with Crippen molar-refractivity contribution in [3.8, 4) is 0 Å². The van der Waals surface area contributed by atoms with Gasteiger partial charge in [0, 0.05) is 19.3 Å². The van der Waals surface area contributed by atoms with E-state index in [4.69, 9.17) is 14.2 Å². The Morgan fingerprint density at radius 1 is 0.317 bits per heavy atom. The summed E-state index contributed by atoms with van der Waals surface area (Å²) < 4.78 is 16.7. The van der Waals surface area contributed by atoms with E-state index in [9.17, 15) is 14.4 Å². The van der Waals surface area contributed by atoms with Crippen molar-refractivity contribution in [2.75, 3.05) is 13.2 Å². The molecule has 0 aromatic heterocycles. The summed E-state index contributed by atoms with van der Waals surface area (Å²) in [7, 11) is 0. The number of allylic oxidation sites excluding steroid dienone is 22. The quantitative estimate of drug-likeness (QED) is 0.0263. The molecule has 0 radical (unpaired) electrons. The SMILES string of the molecule is CC/C=C\C/C=C\C/C=C\C/C=C\CCCCC(=O)OC[C@H](COC(=O)CCCCCCC/C=C\C/C=C\C/C=C\CC)OC(=O)CCCC/C=C\C/C=C\C/C=C\C/C=C\CC. The van der Waals surface area contributed by atoms with Gasteiger partial charge in [0.05, 0.1) is 0 Å². The Morgan fingerprint density at radius 2 is 0.571 bits per heavy atom. The third-order valence-corrected chi connectivity index (χ3v) is 9.63. The van der Waals surface area contributed by atoms with Crippen LogP contribution in [0.25, 0.3) is 0 Å². The van der Waals surface area contributed by atoms with E-state index >= 15 is 0 Å². The summed E-state index contributed by atoms with van der Waals surface area (Å²) in [6, 6.07) is 0. The average Bonchev–Trinajstić information content (AvgIpc) is 3.28. The number of rotatable bonds is 42. The molecule has 6 nitrogen and oxygen atoms in total. The first-order chi connectivity index (χ1) is 31.0. The van der Waals surface area contributed by atoms with Gasteiger partial charge in [-0.15, -0.1) is 0 Å². The Morgan fingerprint density at radius 3 is 0.921 bits per heavy atom. The minimum absolute atomic E-state index is 0.122. The first-order valence-corrected chi connectivity index (χ1v) is 24.7. The lowest BCUT2D eigenvalue weighted by Gasteiger charge is -2.18. The number of hydrogen-bond donors (Lipinski definition) is 0. The molecule has 0 heterocycles. The van der Waals surface area contributed by atoms with Gasteiger partial charge in [-0.05, 0) is 128 Å². The molecule has 0 saturated carbocycles. The van der Waals surface area contributed by atoms with Crippen molar-refractivity contribution >= 4 is 17.9 Å². The molecule has 0 aliphatic carbocycles. The highest BCUT2D eigenvalue weighted by molar-refractivity contribution is 5.71. The highest BCUT2D eigenvalue weighted by Crippen LogP contribution is 2.11. The van der Waals surface area contributed by atoms with Gasteiger partial charge < -0.3 is 14.2 Å². The molecule has 0 aliphatic rings. The maximum absolute atomic E-state index is 12.8. The Bertz CT molecular complexity index is 1420. The van der Waals surface area contributed by atoms with E-state index in [1.165, 1.54) is 0 Å². The largest absolute Gasteiger partial charge is 0.462 e. The number of esters is 3. The topological polar surface area (TPSA) is 78.9 Å². The minimum atomic E-state index is -0.828. The van der Waals surface area contributed by atoms with Crippen LogP contribution in [0.15, 0.2) is 134 Å². The average molecular weight is 869 g/mol. The zero-order chi connectivity index (χ0) is 45.8. The van der Waals surface area contributed by atoms with E-state index in [1.807, 2.05) is 0 Å². The smallest absolute Gasteiger partial charge is 0.306 e. The summed E-state index contributed by atoms with van der Waals surface area (Å²) in [5, 5.41) is 0. The van der Waals surface area contributed by atoms with Gasteiger partial charge in [0.15, 0.2) is 6.10 Å². The normalized spacial score (nSPS) is 13.3. The summed E-state index contributed by atoms with van der Waals surface area (Å²) >= 11 is 0. The molecule has 0 N–H and O–H groups in total. The molecule has 0 aromatic rings. The monoisotopic (exact) mass is 869 g/mol. The van der Waals surface area contributed by atoms with Crippen LogP contribution in [-0.4, -0.2) is 37.2 Å². The van der Waals surface area contributed by atoms with Crippen molar-refractivity contribution in [2.45, 2.75) is 194 Å². The van der Waals surface area contributed by atoms with E-state index in [-0.39, 0.29) is 44.0 Å². The first-order valence-electron chi connectivity index (χ1n) is 24.7. The van der Waals surface area contributed by atoms with Crippen LogP contribution >= 0.6 is 0 Å². The van der Waals surface area contributed by atoms with Crippen LogP contribution < -0.4 is 0 Å². The van der Waals surface area contributed by atoms with Gasteiger partial charge in [-0.3, -0.25) is 14.4 Å². The van der Waals surface area contributed by atoms with Gasteiger partial charge in [-0.2, -0.15) is 0 Å². The summed E-state index contributed by atoms with van der Waals surface area (Å²) in [6.07, 6.45) is 70.1. The molecule has 1 atom stereocenters. The zero-order valence-electron chi connectivity index (χ0n) is 40.0. The van der Waals surface area contributed by atoms with E-state index in [0.29, 0.717) is 19.3 Å². The number of ether oxygens (including phenoxy) is 3. The van der Waals surface area contributed by atoms with Crippen LogP contribution in [0.1, 0.15) is 188 Å². The molecule has 63 heavy (non-hydrogen) atoms. The number of carbonyl (C=O) groups excluding carboxylic acids is 3. The fourth-order valence-corrected chi connectivity index (χ4v) is 6.02. The molecular formula is C57H88O6. The lowest BCUT2D eigenvalue weighted by atomic mass is 10.1. The van der Waals surface area contributed by atoms with Gasteiger partial charge >= 0.3 is 17.9 Å². The lowest BCUT2D eigenvalue weighted by molar-refractivity contribution is -0.167. The molecule has 0 aliphatic heterocycles. The van der Waals surface area contributed by atoms with Crippen molar-refractivity contribution < 1.29 is 28.6 Å². The van der Waals surface area contributed by atoms with Gasteiger partial charge in [0.1, 0.15) is 13.2 Å². The van der Waals surface area contributed by atoms with E-state index in [1.54, 1.807) is 0 Å². The molecule has 0 amide bonds. The second-order valence-corrected chi connectivity index (χ2v) is 15.6. The first kappa shape index (κ1) is 58.6. The molecule has 6 heteroatoms. The summed E-state index contributed by atoms with van der Waals surface area (Å²) in [5.41, 5.74) is 0. The highest BCUT2D eigenvalue weighted by Gasteiger charge is 2.19. The Kier molecular flexibility index (Phi) is 46.7. The summed E-state index contributed by atoms with van der Waals surface area (Å²) in [6.45, 7) is 6.18. The Balaban J connectivity index is 4.59. The van der Waals surface area contributed by atoms with Gasteiger partial charge in [-0.1, -0.05) is 174 Å². The molecule has 0 aromatic carbocycles. The maximum Gasteiger partial charge on any atom is 0.306 e. The molecule has 352 valence electrons. The van der Waals surface area contributed by atoms with E-state index < -0.39 is 6.10 Å². The van der Waals surface area contributed by atoms with Gasteiger partial charge in [-0.25, -0.2) is 0 Å². The number of unbranched alkanes of at least 4 members (excludes halogenated alkanes) is 9. The number of carbonyl (C=O) groups is 3. The van der Waals surface area contributed by atoms with Crippen LogP contribution in [0.3, 0.4) is 0 Å². The predicted octanol–water partition coefficient (Wildman–Crippen LogP) is 16.3. The van der Waals surface area contributed by atoms with Crippen LogP contribution in [0, 0.1) is 0 Å². The van der Waals surface area contributed by atoms with Crippen molar-refractivity contribution in [1.82, 2.24) is 0 Å². The van der Waals surface area contributed by atoms with Crippen molar-refractivity contribution in [1.29, 1.82) is 0 Å². The van der Waals surface area contributed by atoms with Gasteiger partial charge in [0.25, 0.3) is 0 Å². The van der Waals surface area contributed by atoms with Crippen LogP contribution in [-0.2, 0) is 28.6 Å². The van der Waals surface area contributed by atoms with Crippen molar-refractivity contribution in [2.24, 2.45) is 0 Å². The second-order valence-electron chi connectivity index (χ2n) is 15.6. The molecule has 0 fully saturated rings. The van der Waals surface area contributed by atoms with E-state index in [2.05, 4.69) is 154 Å². The van der Waals surface area contributed by atoms with Gasteiger partial charge in [0.2, 0.25) is 0 Å². The Labute approximate surface area is 385 Å². The molecule has 0 saturated heterocycles. The summed E-state index contributed by atoms with van der Waals surface area (Å²) in [5.74, 6) is -1.04. The molecule has 0 rings (SSSR count). The fraction of sp³-hybridized carbons (Fsp3) is 0.561. The van der Waals surface area contributed by atoms with Crippen molar-refractivity contribution in [3.05, 3.63) is 134 Å². The van der Waals surface area contributed by atoms with Crippen LogP contribution in [0.4, 0.5) is 0 Å². The second kappa shape index (κ2) is 50.2. The lowest BCUT2D eigenvalue weighted by Crippen LogP contribution is -2.30. The molecule has 0 unspecified atom stereocenters. The molecular weight excluding hydrogens is 781 g/mol. The minimum Gasteiger partial charge on any atom is -0.462 e. The third-order valence-electron chi connectivity index (χ3n) is 9.63. The zero-order valence-corrected chi connectivity index (χ0v) is 40.0. The van der Waals surface area contributed by atoms with Crippen LogP contribution in [0.2, 0.25) is 0 Å². The van der Waals surface area contributed by atoms with E-state index in [0.717, 1.165) is 135 Å². The van der Waals surface area contributed by atoms with Crippen molar-refractivity contribution in [3.63, 3.8) is 0 Å². The number of hydrogen-bond acceptors (Lipinski definition) is 6. The molecule has 0 bridgehead atoms. The fourth-order valence-electron chi connectivity index (χ4n) is 6.02. The standard InChI is InChI=1S/C57H88O6/c1-4-7-10-13-16-19-22-25-28-31-34-37-40-43-46-49-55(58)61-52-54(63-57(60)51-48-45-42-39-36-33-30-27-24-21-18-15-12-9-6-3)53-62-56(59)50-47-44-41-38-35-32-29-26-23-20-17-14-11-8-5-2/h7-12,16-21,25-30,34,36-37,39,54H,4-6,13-15,22-24,31-33,35,38,40-53H2,1-3H3/b10-7-,11-8-,12-9-,19-16-,20-17-,21-18-,28-25-,29-26-,30-27-,37-34-,39-36-/t54-/m1/s1. The predicted molar refractivity (Wildman–Crippen MR) is 269 cm³/mol.